The van der Waals surface area contributed by atoms with Gasteiger partial charge >= 0.3 is 0 Å². The molecule has 0 saturated carbocycles. The van der Waals surface area contributed by atoms with Crippen molar-refractivity contribution in [2.24, 2.45) is 0 Å². The van der Waals surface area contributed by atoms with Gasteiger partial charge in [-0.2, -0.15) is 0 Å². The van der Waals surface area contributed by atoms with E-state index in [0.29, 0.717) is 11.6 Å². The predicted molar refractivity (Wildman–Crippen MR) is 108 cm³/mol. The Kier molecular flexibility index (Phi) is 6.07. The van der Waals surface area contributed by atoms with Crippen LogP contribution >= 0.6 is 11.6 Å². The maximum atomic E-state index is 12.5. The van der Waals surface area contributed by atoms with E-state index in [1.54, 1.807) is 7.05 Å². The predicted octanol–water partition coefficient (Wildman–Crippen LogP) is 3.37. The number of para-hydroxylation sites is 1. The molecule has 0 spiro atoms. The van der Waals surface area contributed by atoms with Crippen molar-refractivity contribution in [2.45, 2.75) is 24.3 Å². The van der Waals surface area contributed by atoms with Crippen LogP contribution in [-0.4, -0.2) is 45.1 Å². The first kappa shape index (κ1) is 19.7. The molecule has 3 rings (SSSR count). The molecule has 2 aromatic carbocycles. The second-order valence-corrected chi connectivity index (χ2v) is 9.21. The molecule has 0 radical (unpaired) electrons. The van der Waals surface area contributed by atoms with Crippen LogP contribution in [0, 0.1) is 0 Å². The second-order valence-electron chi connectivity index (χ2n) is 6.79. The average molecular weight is 407 g/mol. The number of amides is 1. The molecular weight excluding hydrogens is 384 g/mol. The van der Waals surface area contributed by atoms with Crippen LogP contribution in [-0.2, 0) is 21.2 Å². The lowest BCUT2D eigenvalue weighted by molar-refractivity contribution is -0.127. The number of benzene rings is 2. The first-order valence-electron chi connectivity index (χ1n) is 8.92. The number of halogens is 1. The van der Waals surface area contributed by atoms with Crippen LogP contribution in [0.25, 0.3) is 0 Å². The SMILES string of the molecule is CN(Cc1ccccc1N1CCCC1)C(=O)CS(=O)(=O)c1ccc(Cl)cc1. The van der Waals surface area contributed by atoms with E-state index in [0.717, 1.165) is 24.3 Å². The normalized spacial score (nSPS) is 14.4. The van der Waals surface area contributed by atoms with Crippen LogP contribution in [0.4, 0.5) is 5.69 Å². The summed E-state index contributed by atoms with van der Waals surface area (Å²) >= 11 is 5.80. The number of rotatable bonds is 6. The molecule has 1 aliphatic rings. The summed E-state index contributed by atoms with van der Waals surface area (Å²) in [6.07, 6.45) is 2.34. The largest absolute Gasteiger partial charge is 0.371 e. The summed E-state index contributed by atoms with van der Waals surface area (Å²) in [7, 11) is -2.06. The highest BCUT2D eigenvalue weighted by atomic mass is 35.5. The highest BCUT2D eigenvalue weighted by Gasteiger charge is 2.23. The van der Waals surface area contributed by atoms with E-state index in [1.165, 1.54) is 42.0 Å². The van der Waals surface area contributed by atoms with Gasteiger partial charge in [0.15, 0.2) is 9.84 Å². The van der Waals surface area contributed by atoms with Crippen LogP contribution in [0.1, 0.15) is 18.4 Å². The lowest BCUT2D eigenvalue weighted by Crippen LogP contribution is -2.32. The number of hydrogen-bond acceptors (Lipinski definition) is 4. The zero-order valence-electron chi connectivity index (χ0n) is 15.3. The summed E-state index contributed by atoms with van der Waals surface area (Å²) in [5.74, 6) is -0.988. The van der Waals surface area contributed by atoms with Gasteiger partial charge in [0.2, 0.25) is 5.91 Å². The fourth-order valence-electron chi connectivity index (χ4n) is 3.25. The first-order chi connectivity index (χ1) is 12.9. The Labute approximate surface area is 165 Å². The number of hydrogen-bond donors (Lipinski definition) is 0. The Morgan fingerprint density at radius 1 is 1.07 bits per heavy atom. The van der Waals surface area contributed by atoms with Gasteiger partial charge < -0.3 is 9.80 Å². The second kappa shape index (κ2) is 8.31. The molecule has 27 heavy (non-hydrogen) atoms. The van der Waals surface area contributed by atoms with Gasteiger partial charge in [-0.15, -0.1) is 0 Å². The molecule has 0 bridgehead atoms. The smallest absolute Gasteiger partial charge is 0.238 e. The number of carbonyl (C=O) groups is 1. The number of anilines is 1. The van der Waals surface area contributed by atoms with Gasteiger partial charge in [0.05, 0.1) is 4.90 Å². The monoisotopic (exact) mass is 406 g/mol. The molecule has 1 fully saturated rings. The van der Waals surface area contributed by atoms with Crippen LogP contribution in [0.2, 0.25) is 5.02 Å². The van der Waals surface area contributed by atoms with Crippen LogP contribution in [0.3, 0.4) is 0 Å². The molecule has 0 aliphatic carbocycles. The molecule has 0 unspecified atom stereocenters. The fraction of sp³-hybridized carbons (Fsp3) is 0.350. The van der Waals surface area contributed by atoms with Crippen molar-refractivity contribution in [3.05, 3.63) is 59.1 Å². The topological polar surface area (TPSA) is 57.7 Å². The third-order valence-electron chi connectivity index (χ3n) is 4.76. The highest BCUT2D eigenvalue weighted by Crippen LogP contribution is 2.25. The van der Waals surface area contributed by atoms with Gasteiger partial charge in [-0.05, 0) is 48.7 Å². The van der Waals surface area contributed by atoms with E-state index < -0.39 is 21.5 Å². The average Bonchev–Trinajstić information content (AvgIpc) is 3.16. The molecule has 1 heterocycles. The third kappa shape index (κ3) is 4.82. The summed E-state index contributed by atoms with van der Waals surface area (Å²) in [6.45, 7) is 2.40. The Bertz CT molecular complexity index is 907. The molecule has 0 N–H and O–H groups in total. The standard InChI is InChI=1S/C20H23ClN2O3S/c1-22(14-16-6-2-3-7-19(16)23-12-4-5-13-23)20(24)15-27(25,26)18-10-8-17(21)9-11-18/h2-3,6-11H,4-5,12-15H2,1H3. The molecule has 2 aromatic rings. The molecule has 1 saturated heterocycles. The maximum Gasteiger partial charge on any atom is 0.238 e. The quantitative estimate of drug-likeness (QED) is 0.738. The summed E-state index contributed by atoms with van der Waals surface area (Å²) in [6, 6.07) is 13.8. The maximum absolute atomic E-state index is 12.5. The molecule has 144 valence electrons. The van der Waals surface area contributed by atoms with Crippen molar-refractivity contribution >= 4 is 33.0 Å². The van der Waals surface area contributed by atoms with E-state index in [9.17, 15) is 13.2 Å². The van der Waals surface area contributed by atoms with Crippen molar-refractivity contribution in [3.8, 4) is 0 Å². The minimum atomic E-state index is -3.70. The molecule has 0 atom stereocenters. The Morgan fingerprint density at radius 2 is 1.70 bits per heavy atom. The summed E-state index contributed by atoms with van der Waals surface area (Å²) < 4.78 is 25.0. The van der Waals surface area contributed by atoms with E-state index in [4.69, 9.17) is 11.6 Å². The van der Waals surface area contributed by atoms with Crippen LogP contribution in [0.15, 0.2) is 53.4 Å². The van der Waals surface area contributed by atoms with Crippen LogP contribution in [0.5, 0.6) is 0 Å². The van der Waals surface area contributed by atoms with E-state index >= 15 is 0 Å². The van der Waals surface area contributed by atoms with Gasteiger partial charge in [-0.1, -0.05) is 29.8 Å². The minimum Gasteiger partial charge on any atom is -0.371 e. The van der Waals surface area contributed by atoms with Crippen molar-refractivity contribution in [1.29, 1.82) is 0 Å². The molecule has 1 amide bonds. The van der Waals surface area contributed by atoms with E-state index in [1.807, 2.05) is 18.2 Å². The lowest BCUT2D eigenvalue weighted by Gasteiger charge is -2.24. The zero-order valence-corrected chi connectivity index (χ0v) is 16.8. The molecule has 7 heteroatoms. The van der Waals surface area contributed by atoms with Crippen LogP contribution < -0.4 is 4.90 Å². The zero-order chi connectivity index (χ0) is 19.4. The number of sulfone groups is 1. The van der Waals surface area contributed by atoms with Gasteiger partial charge in [0, 0.05) is 37.4 Å². The van der Waals surface area contributed by atoms with Gasteiger partial charge in [0.25, 0.3) is 0 Å². The minimum absolute atomic E-state index is 0.103. The van der Waals surface area contributed by atoms with Crippen molar-refractivity contribution in [2.75, 3.05) is 30.8 Å². The third-order valence-corrected chi connectivity index (χ3v) is 6.63. The van der Waals surface area contributed by atoms with Gasteiger partial charge in [-0.25, -0.2) is 8.42 Å². The van der Waals surface area contributed by atoms with Gasteiger partial charge in [0.1, 0.15) is 5.75 Å². The first-order valence-corrected chi connectivity index (χ1v) is 10.9. The molecule has 0 aromatic heterocycles. The Morgan fingerprint density at radius 3 is 2.37 bits per heavy atom. The summed E-state index contributed by atoms with van der Waals surface area (Å²) in [4.78, 5) is 16.4. The molecular formula is C20H23ClN2O3S. The summed E-state index contributed by atoms with van der Waals surface area (Å²) in [5, 5.41) is 0.455. The number of nitrogens with zero attached hydrogens (tertiary/aromatic N) is 2. The fourth-order valence-corrected chi connectivity index (χ4v) is 4.64. The van der Waals surface area contributed by atoms with Crippen molar-refractivity contribution in [3.63, 3.8) is 0 Å². The number of carbonyl (C=O) groups excluding carboxylic acids is 1. The Balaban J connectivity index is 1.70. The molecule has 1 aliphatic heterocycles. The van der Waals surface area contributed by atoms with Crippen molar-refractivity contribution in [1.82, 2.24) is 4.90 Å². The summed E-state index contributed by atoms with van der Waals surface area (Å²) in [5.41, 5.74) is 2.15. The highest BCUT2D eigenvalue weighted by molar-refractivity contribution is 7.92. The Hall–Kier alpha value is -2.05. The van der Waals surface area contributed by atoms with Gasteiger partial charge in [-0.3, -0.25) is 4.79 Å². The van der Waals surface area contributed by atoms with E-state index in [2.05, 4.69) is 11.0 Å². The van der Waals surface area contributed by atoms with E-state index in [-0.39, 0.29) is 4.90 Å². The lowest BCUT2D eigenvalue weighted by atomic mass is 10.1. The van der Waals surface area contributed by atoms with Crippen molar-refractivity contribution < 1.29 is 13.2 Å². The molecule has 5 nitrogen and oxygen atoms in total.